The zero-order valence-corrected chi connectivity index (χ0v) is 16.8. The summed E-state index contributed by atoms with van der Waals surface area (Å²) in [7, 11) is 0. The SMILES string of the molecule is CSCc1nc2ccccc2n1CC(=O)NCc1ccc(OC(C)C)cc1. The highest BCUT2D eigenvalue weighted by Gasteiger charge is 2.13. The van der Waals surface area contributed by atoms with Gasteiger partial charge in [-0.15, -0.1) is 0 Å². The van der Waals surface area contributed by atoms with Crippen molar-refractivity contribution in [3.63, 3.8) is 0 Å². The summed E-state index contributed by atoms with van der Waals surface area (Å²) in [6, 6.07) is 15.7. The Morgan fingerprint density at radius 1 is 1.19 bits per heavy atom. The summed E-state index contributed by atoms with van der Waals surface area (Å²) in [6.45, 7) is 4.76. The first-order valence-electron chi connectivity index (χ1n) is 9.02. The van der Waals surface area contributed by atoms with Gasteiger partial charge >= 0.3 is 0 Å². The van der Waals surface area contributed by atoms with E-state index < -0.39 is 0 Å². The van der Waals surface area contributed by atoms with Crippen LogP contribution in [0.5, 0.6) is 5.75 Å². The number of hydrogen-bond donors (Lipinski definition) is 1. The van der Waals surface area contributed by atoms with Crippen molar-refractivity contribution >= 4 is 28.7 Å². The van der Waals surface area contributed by atoms with Gasteiger partial charge < -0.3 is 14.6 Å². The summed E-state index contributed by atoms with van der Waals surface area (Å²) in [5.74, 6) is 2.52. The fourth-order valence-corrected chi connectivity index (χ4v) is 3.38. The average molecular weight is 384 g/mol. The molecule has 27 heavy (non-hydrogen) atoms. The molecule has 1 amide bonds. The first kappa shape index (κ1) is 19.3. The highest BCUT2D eigenvalue weighted by atomic mass is 32.2. The molecule has 0 saturated heterocycles. The van der Waals surface area contributed by atoms with Crippen LogP contribution in [0.1, 0.15) is 25.2 Å². The highest BCUT2D eigenvalue weighted by Crippen LogP contribution is 2.19. The minimum atomic E-state index is -0.0250. The number of imidazole rings is 1. The average Bonchev–Trinajstić information content (AvgIpc) is 2.98. The molecule has 0 spiro atoms. The quantitative estimate of drug-likeness (QED) is 0.639. The number of nitrogens with zero attached hydrogens (tertiary/aromatic N) is 2. The van der Waals surface area contributed by atoms with E-state index in [2.05, 4.69) is 10.3 Å². The third-order valence-electron chi connectivity index (χ3n) is 4.09. The first-order chi connectivity index (χ1) is 13.1. The zero-order chi connectivity index (χ0) is 19.2. The van der Waals surface area contributed by atoms with Gasteiger partial charge in [-0.1, -0.05) is 24.3 Å². The summed E-state index contributed by atoms with van der Waals surface area (Å²) in [6.07, 6.45) is 2.19. The molecule has 0 radical (unpaired) electrons. The smallest absolute Gasteiger partial charge is 0.240 e. The Hall–Kier alpha value is -2.47. The monoisotopic (exact) mass is 383 g/mol. The van der Waals surface area contributed by atoms with Crippen molar-refractivity contribution < 1.29 is 9.53 Å². The molecule has 1 N–H and O–H groups in total. The third-order valence-corrected chi connectivity index (χ3v) is 4.64. The number of carbonyl (C=O) groups excluding carboxylic acids is 1. The number of rotatable bonds is 8. The molecule has 6 heteroatoms. The van der Waals surface area contributed by atoms with Gasteiger partial charge in [0.2, 0.25) is 5.91 Å². The third kappa shape index (κ3) is 5.04. The van der Waals surface area contributed by atoms with E-state index in [0.717, 1.165) is 33.9 Å². The van der Waals surface area contributed by atoms with Crippen molar-refractivity contribution in [1.29, 1.82) is 0 Å². The van der Waals surface area contributed by atoms with Crippen molar-refractivity contribution in [2.75, 3.05) is 6.26 Å². The summed E-state index contributed by atoms with van der Waals surface area (Å²) < 4.78 is 7.64. The second-order valence-corrected chi connectivity index (χ2v) is 7.49. The molecule has 0 saturated carbocycles. The molecule has 0 fully saturated rings. The molecule has 3 aromatic rings. The summed E-state index contributed by atoms with van der Waals surface area (Å²) >= 11 is 1.70. The van der Waals surface area contributed by atoms with E-state index in [4.69, 9.17) is 4.74 Å². The van der Waals surface area contributed by atoms with Crippen LogP contribution in [0, 0.1) is 0 Å². The normalized spacial score (nSPS) is 11.1. The van der Waals surface area contributed by atoms with E-state index in [1.54, 1.807) is 11.8 Å². The van der Waals surface area contributed by atoms with Gasteiger partial charge in [-0.2, -0.15) is 11.8 Å². The van der Waals surface area contributed by atoms with Crippen LogP contribution in [0.3, 0.4) is 0 Å². The standard InChI is InChI=1S/C21H25N3O2S/c1-15(2)26-17-10-8-16(9-11-17)12-22-21(25)13-24-19-7-5-4-6-18(19)23-20(24)14-27-3/h4-11,15H,12-14H2,1-3H3,(H,22,25). The van der Waals surface area contributed by atoms with Crippen LogP contribution >= 0.6 is 11.8 Å². The van der Waals surface area contributed by atoms with Gasteiger partial charge in [0, 0.05) is 6.54 Å². The molecule has 1 aromatic heterocycles. The Kier molecular flexibility index (Phi) is 6.40. The van der Waals surface area contributed by atoms with Gasteiger partial charge in [0.25, 0.3) is 0 Å². The van der Waals surface area contributed by atoms with Crippen molar-refractivity contribution in [2.45, 2.75) is 38.8 Å². The van der Waals surface area contributed by atoms with Gasteiger partial charge in [0.15, 0.2) is 0 Å². The number of carbonyl (C=O) groups is 1. The topological polar surface area (TPSA) is 56.2 Å². The Balaban J connectivity index is 1.64. The lowest BCUT2D eigenvalue weighted by Gasteiger charge is -2.11. The fourth-order valence-electron chi connectivity index (χ4n) is 2.90. The molecule has 3 rings (SSSR count). The van der Waals surface area contributed by atoms with Crippen LogP contribution in [0.4, 0.5) is 0 Å². The van der Waals surface area contributed by atoms with Gasteiger partial charge in [-0.3, -0.25) is 4.79 Å². The Bertz CT molecular complexity index is 903. The van der Waals surface area contributed by atoms with Gasteiger partial charge in [-0.05, 0) is 49.9 Å². The van der Waals surface area contributed by atoms with Crippen LogP contribution in [0.15, 0.2) is 48.5 Å². The molecule has 0 aliphatic rings. The van der Waals surface area contributed by atoms with Crippen molar-refractivity contribution in [2.24, 2.45) is 0 Å². The molecule has 0 unspecified atom stereocenters. The molecule has 1 heterocycles. The maximum Gasteiger partial charge on any atom is 0.240 e. The lowest BCUT2D eigenvalue weighted by Crippen LogP contribution is -2.27. The van der Waals surface area contributed by atoms with E-state index in [9.17, 15) is 4.79 Å². The van der Waals surface area contributed by atoms with Crippen LogP contribution in [0.25, 0.3) is 11.0 Å². The molecule has 2 aromatic carbocycles. The predicted octanol–water partition coefficient (Wildman–Crippen LogP) is 4.00. The van der Waals surface area contributed by atoms with Crippen LogP contribution in [-0.2, 0) is 23.6 Å². The molecule has 142 valence electrons. The highest BCUT2D eigenvalue weighted by molar-refractivity contribution is 7.97. The molecule has 0 atom stereocenters. The fraction of sp³-hybridized carbons (Fsp3) is 0.333. The minimum Gasteiger partial charge on any atom is -0.491 e. The lowest BCUT2D eigenvalue weighted by atomic mass is 10.2. The van der Waals surface area contributed by atoms with Crippen molar-refractivity contribution in [3.8, 4) is 5.75 Å². The number of hydrogen-bond acceptors (Lipinski definition) is 4. The summed E-state index contributed by atoms with van der Waals surface area (Å²) in [5, 5.41) is 3.00. The van der Waals surface area contributed by atoms with Crippen LogP contribution in [0.2, 0.25) is 0 Å². The lowest BCUT2D eigenvalue weighted by molar-refractivity contribution is -0.121. The molecular formula is C21H25N3O2S. The Morgan fingerprint density at radius 3 is 2.63 bits per heavy atom. The van der Waals surface area contributed by atoms with Crippen LogP contribution in [-0.4, -0.2) is 27.8 Å². The largest absolute Gasteiger partial charge is 0.491 e. The number of ether oxygens (including phenoxy) is 1. The molecule has 0 aliphatic heterocycles. The molecular weight excluding hydrogens is 358 g/mol. The number of fused-ring (bicyclic) bond motifs is 1. The number of thioether (sulfide) groups is 1. The van der Waals surface area contributed by atoms with E-state index >= 15 is 0 Å². The van der Waals surface area contributed by atoms with E-state index in [0.29, 0.717) is 6.54 Å². The van der Waals surface area contributed by atoms with Gasteiger partial charge in [-0.25, -0.2) is 4.98 Å². The van der Waals surface area contributed by atoms with Crippen molar-refractivity contribution in [3.05, 3.63) is 59.9 Å². The Morgan fingerprint density at radius 2 is 1.93 bits per heavy atom. The van der Waals surface area contributed by atoms with E-state index in [1.807, 2.05) is 73.2 Å². The second kappa shape index (κ2) is 8.95. The first-order valence-corrected chi connectivity index (χ1v) is 10.4. The van der Waals surface area contributed by atoms with E-state index in [1.165, 1.54) is 0 Å². The molecule has 0 aliphatic carbocycles. The molecule has 0 bridgehead atoms. The minimum absolute atomic E-state index is 0.0250. The maximum atomic E-state index is 12.5. The maximum absolute atomic E-state index is 12.5. The number of aromatic nitrogens is 2. The number of para-hydroxylation sites is 2. The summed E-state index contributed by atoms with van der Waals surface area (Å²) in [4.78, 5) is 17.2. The van der Waals surface area contributed by atoms with Gasteiger partial charge in [0.05, 0.1) is 22.9 Å². The van der Waals surface area contributed by atoms with E-state index in [-0.39, 0.29) is 18.6 Å². The summed E-state index contributed by atoms with van der Waals surface area (Å²) in [5.41, 5.74) is 2.96. The predicted molar refractivity (Wildman–Crippen MR) is 111 cm³/mol. The Labute approximate surface area is 164 Å². The van der Waals surface area contributed by atoms with Crippen molar-refractivity contribution in [1.82, 2.24) is 14.9 Å². The number of benzene rings is 2. The number of nitrogens with one attached hydrogen (secondary N) is 1. The van der Waals surface area contributed by atoms with Gasteiger partial charge in [0.1, 0.15) is 18.1 Å². The second-order valence-electron chi connectivity index (χ2n) is 6.62. The molecule has 5 nitrogen and oxygen atoms in total. The zero-order valence-electron chi connectivity index (χ0n) is 15.9. The van der Waals surface area contributed by atoms with Crippen LogP contribution < -0.4 is 10.1 Å². The number of amides is 1.